The molecule has 1 fully saturated rings. The van der Waals surface area contributed by atoms with Crippen molar-refractivity contribution in [2.45, 2.75) is 32.7 Å². The molecule has 2 atom stereocenters. The van der Waals surface area contributed by atoms with Crippen molar-refractivity contribution in [1.82, 2.24) is 20.6 Å². The summed E-state index contributed by atoms with van der Waals surface area (Å²) in [6.07, 6.45) is 6.23. The molecule has 5 nitrogen and oxygen atoms in total. The largest absolute Gasteiger partial charge is 0.350 e. The Morgan fingerprint density at radius 1 is 1.63 bits per heavy atom. The smallest absolute Gasteiger partial charge is 0.220 e. The van der Waals surface area contributed by atoms with Gasteiger partial charge in [0.05, 0.1) is 12.2 Å². The number of carbonyl (C=O) groups is 1. The molecule has 1 amide bonds. The minimum atomic E-state index is 0.108. The fourth-order valence-electron chi connectivity index (χ4n) is 2.51. The first kappa shape index (κ1) is 13.9. The first-order chi connectivity index (χ1) is 9.25. The van der Waals surface area contributed by atoms with Crippen LogP contribution in [0.4, 0.5) is 0 Å². The van der Waals surface area contributed by atoms with Crippen LogP contribution >= 0.6 is 0 Å². The zero-order valence-electron chi connectivity index (χ0n) is 11.4. The van der Waals surface area contributed by atoms with Gasteiger partial charge >= 0.3 is 0 Å². The predicted octanol–water partition coefficient (Wildman–Crippen LogP) is 1.12. The number of aromatic nitrogens is 2. The van der Waals surface area contributed by atoms with Crippen LogP contribution in [0.1, 0.15) is 31.9 Å². The zero-order chi connectivity index (χ0) is 13.5. The van der Waals surface area contributed by atoms with Gasteiger partial charge in [0.1, 0.15) is 6.33 Å². The third kappa shape index (κ3) is 4.59. The lowest BCUT2D eigenvalue weighted by atomic mass is 9.85. The topological polar surface area (TPSA) is 66.9 Å². The Labute approximate surface area is 114 Å². The number of nitrogens with zero attached hydrogens (tertiary/aromatic N) is 2. The summed E-state index contributed by atoms with van der Waals surface area (Å²) in [4.78, 5) is 19.8. The fraction of sp³-hybridized carbons (Fsp3) is 0.643. The van der Waals surface area contributed by atoms with Gasteiger partial charge in [0.2, 0.25) is 5.91 Å². The molecule has 1 aromatic heterocycles. The van der Waals surface area contributed by atoms with Crippen LogP contribution in [0.2, 0.25) is 0 Å². The highest BCUT2D eigenvalue weighted by Crippen LogP contribution is 2.22. The van der Waals surface area contributed by atoms with E-state index in [1.165, 1.54) is 19.2 Å². The van der Waals surface area contributed by atoms with Crippen molar-refractivity contribution in [3.63, 3.8) is 0 Å². The SMILES string of the molecule is CC(CC(=O)NCc1ccncn1)C1CCCNC1. The molecule has 1 aliphatic rings. The van der Waals surface area contributed by atoms with Crippen LogP contribution in [0, 0.1) is 11.8 Å². The average Bonchev–Trinajstić information content (AvgIpc) is 2.47. The van der Waals surface area contributed by atoms with Crippen LogP contribution in [-0.4, -0.2) is 29.0 Å². The van der Waals surface area contributed by atoms with Crippen molar-refractivity contribution in [2.24, 2.45) is 11.8 Å². The third-order valence-electron chi connectivity index (χ3n) is 3.76. The number of carbonyl (C=O) groups excluding carboxylic acids is 1. The van der Waals surface area contributed by atoms with Gasteiger partial charge in [0.15, 0.2) is 0 Å². The van der Waals surface area contributed by atoms with Crippen LogP contribution < -0.4 is 10.6 Å². The monoisotopic (exact) mass is 262 g/mol. The first-order valence-electron chi connectivity index (χ1n) is 6.98. The molecule has 2 N–H and O–H groups in total. The molecule has 0 spiro atoms. The Hall–Kier alpha value is -1.49. The van der Waals surface area contributed by atoms with Crippen LogP contribution in [0.15, 0.2) is 18.6 Å². The molecule has 2 rings (SSSR count). The van der Waals surface area contributed by atoms with Crippen molar-refractivity contribution in [3.05, 3.63) is 24.3 Å². The van der Waals surface area contributed by atoms with Gasteiger partial charge in [-0.1, -0.05) is 6.92 Å². The average molecular weight is 262 g/mol. The standard InChI is InChI=1S/C14H22N4O/c1-11(12-3-2-5-15-8-12)7-14(19)17-9-13-4-6-16-10-18-13/h4,6,10-12,15H,2-3,5,7-9H2,1H3,(H,17,19). The minimum absolute atomic E-state index is 0.108. The summed E-state index contributed by atoms with van der Waals surface area (Å²) in [5.74, 6) is 1.16. The second kappa shape index (κ2) is 7.19. The molecule has 1 aromatic rings. The molecule has 1 saturated heterocycles. The van der Waals surface area contributed by atoms with E-state index in [4.69, 9.17) is 0 Å². The van der Waals surface area contributed by atoms with E-state index < -0.39 is 0 Å². The Balaban J connectivity index is 1.71. The normalized spacial score (nSPS) is 20.8. The van der Waals surface area contributed by atoms with Gasteiger partial charge in [-0.25, -0.2) is 9.97 Å². The quantitative estimate of drug-likeness (QED) is 0.834. The van der Waals surface area contributed by atoms with Crippen LogP contribution in [0.3, 0.4) is 0 Å². The molecule has 1 aliphatic heterocycles. The van der Waals surface area contributed by atoms with E-state index in [0.29, 0.717) is 24.8 Å². The van der Waals surface area contributed by atoms with Gasteiger partial charge in [-0.15, -0.1) is 0 Å². The number of rotatable bonds is 5. The lowest BCUT2D eigenvalue weighted by Gasteiger charge is -2.28. The van der Waals surface area contributed by atoms with Gasteiger partial charge < -0.3 is 10.6 Å². The van der Waals surface area contributed by atoms with E-state index in [9.17, 15) is 4.79 Å². The summed E-state index contributed by atoms with van der Waals surface area (Å²) < 4.78 is 0. The molecule has 2 unspecified atom stereocenters. The van der Waals surface area contributed by atoms with Gasteiger partial charge in [-0.3, -0.25) is 4.79 Å². The Kier molecular flexibility index (Phi) is 5.27. The van der Waals surface area contributed by atoms with Crippen molar-refractivity contribution < 1.29 is 4.79 Å². The number of piperidine rings is 1. The molecule has 0 bridgehead atoms. The van der Waals surface area contributed by atoms with E-state index in [1.54, 1.807) is 6.20 Å². The minimum Gasteiger partial charge on any atom is -0.350 e. The Morgan fingerprint density at radius 3 is 3.21 bits per heavy atom. The van der Waals surface area contributed by atoms with Gasteiger partial charge in [-0.2, -0.15) is 0 Å². The van der Waals surface area contributed by atoms with Crippen molar-refractivity contribution in [3.8, 4) is 0 Å². The van der Waals surface area contributed by atoms with E-state index in [2.05, 4.69) is 27.5 Å². The van der Waals surface area contributed by atoms with Crippen molar-refractivity contribution in [1.29, 1.82) is 0 Å². The highest BCUT2D eigenvalue weighted by molar-refractivity contribution is 5.76. The summed E-state index contributed by atoms with van der Waals surface area (Å²) in [7, 11) is 0. The van der Waals surface area contributed by atoms with Gasteiger partial charge in [-0.05, 0) is 43.8 Å². The van der Waals surface area contributed by atoms with Gasteiger partial charge in [0, 0.05) is 12.6 Å². The van der Waals surface area contributed by atoms with Crippen LogP contribution in [0.25, 0.3) is 0 Å². The second-order valence-electron chi connectivity index (χ2n) is 5.27. The molecule has 19 heavy (non-hydrogen) atoms. The number of amides is 1. The van der Waals surface area contributed by atoms with E-state index in [0.717, 1.165) is 18.8 Å². The molecule has 0 aliphatic carbocycles. The zero-order valence-corrected chi connectivity index (χ0v) is 11.4. The molecule has 5 heteroatoms. The maximum Gasteiger partial charge on any atom is 0.220 e. The van der Waals surface area contributed by atoms with Crippen LogP contribution in [-0.2, 0) is 11.3 Å². The number of nitrogens with one attached hydrogen (secondary N) is 2. The molecular weight excluding hydrogens is 240 g/mol. The lowest BCUT2D eigenvalue weighted by molar-refractivity contribution is -0.122. The van der Waals surface area contributed by atoms with Crippen molar-refractivity contribution >= 4 is 5.91 Å². The molecule has 0 aromatic carbocycles. The maximum absolute atomic E-state index is 11.9. The molecule has 0 radical (unpaired) electrons. The van der Waals surface area contributed by atoms with E-state index >= 15 is 0 Å². The summed E-state index contributed by atoms with van der Waals surface area (Å²) in [6.45, 7) is 4.81. The van der Waals surface area contributed by atoms with Crippen LogP contribution in [0.5, 0.6) is 0 Å². The third-order valence-corrected chi connectivity index (χ3v) is 3.76. The van der Waals surface area contributed by atoms with Crippen molar-refractivity contribution in [2.75, 3.05) is 13.1 Å². The summed E-state index contributed by atoms with van der Waals surface area (Å²) in [6, 6.07) is 1.81. The van der Waals surface area contributed by atoms with E-state index in [1.807, 2.05) is 6.07 Å². The number of hydrogen-bond donors (Lipinski definition) is 2. The first-order valence-corrected chi connectivity index (χ1v) is 6.98. The molecule has 104 valence electrons. The highest BCUT2D eigenvalue weighted by atomic mass is 16.1. The van der Waals surface area contributed by atoms with Gasteiger partial charge in [0.25, 0.3) is 0 Å². The fourth-order valence-corrected chi connectivity index (χ4v) is 2.51. The predicted molar refractivity (Wildman–Crippen MR) is 73.3 cm³/mol. The molecule has 2 heterocycles. The maximum atomic E-state index is 11.9. The second-order valence-corrected chi connectivity index (χ2v) is 5.27. The lowest BCUT2D eigenvalue weighted by Crippen LogP contribution is -2.35. The summed E-state index contributed by atoms with van der Waals surface area (Å²) in [5.41, 5.74) is 0.843. The van der Waals surface area contributed by atoms with E-state index in [-0.39, 0.29) is 5.91 Å². The molecule has 0 saturated carbocycles. The summed E-state index contributed by atoms with van der Waals surface area (Å²) >= 11 is 0. The highest BCUT2D eigenvalue weighted by Gasteiger charge is 2.21. The Bertz CT molecular complexity index is 390. The number of hydrogen-bond acceptors (Lipinski definition) is 4. The molecular formula is C14H22N4O. The summed E-state index contributed by atoms with van der Waals surface area (Å²) in [5, 5.41) is 6.32. The Morgan fingerprint density at radius 2 is 2.53 bits per heavy atom.